The molecule has 2 aromatic carbocycles. The number of benzene rings is 2. The lowest BCUT2D eigenvalue weighted by molar-refractivity contribution is 0.102. The summed E-state index contributed by atoms with van der Waals surface area (Å²) in [5.74, 6) is -0.558. The van der Waals surface area contributed by atoms with E-state index in [4.69, 9.17) is 0 Å². The topological polar surface area (TPSA) is 29.1 Å². The van der Waals surface area contributed by atoms with Gasteiger partial charge in [0.2, 0.25) is 0 Å². The summed E-state index contributed by atoms with van der Waals surface area (Å²) in [4.78, 5) is 12.3. The molecule has 2 nitrogen and oxygen atoms in total. The number of hydrogen-bond acceptors (Lipinski definition) is 1. The second-order valence-corrected chi connectivity index (χ2v) is 6.26. The zero-order valence-corrected chi connectivity index (χ0v) is 14.1. The molecule has 0 aliphatic carbocycles. The van der Waals surface area contributed by atoms with Gasteiger partial charge in [0.1, 0.15) is 5.82 Å². The molecule has 0 radical (unpaired) electrons. The molecular formula is C15H12Br2FNO. The number of halogens is 3. The summed E-state index contributed by atoms with van der Waals surface area (Å²) in [6, 6.07) is 8.39. The maximum absolute atomic E-state index is 13.4. The highest BCUT2D eigenvalue weighted by atomic mass is 79.9. The molecule has 2 rings (SSSR count). The molecule has 0 heterocycles. The number of aryl methyl sites for hydroxylation is 2. The van der Waals surface area contributed by atoms with E-state index >= 15 is 0 Å². The van der Waals surface area contributed by atoms with Crippen molar-refractivity contribution in [3.63, 3.8) is 0 Å². The van der Waals surface area contributed by atoms with E-state index in [1.165, 1.54) is 6.07 Å². The Kier molecular flexibility index (Phi) is 4.60. The maximum Gasteiger partial charge on any atom is 0.255 e. The van der Waals surface area contributed by atoms with Gasteiger partial charge >= 0.3 is 0 Å². The first-order chi connectivity index (χ1) is 9.38. The van der Waals surface area contributed by atoms with Crippen LogP contribution in [0.15, 0.2) is 39.3 Å². The van der Waals surface area contributed by atoms with Gasteiger partial charge in [-0.1, -0.05) is 15.9 Å². The van der Waals surface area contributed by atoms with Crippen LogP contribution in [-0.4, -0.2) is 5.91 Å². The summed E-state index contributed by atoms with van der Waals surface area (Å²) >= 11 is 6.48. The fourth-order valence-corrected chi connectivity index (χ4v) is 2.67. The molecule has 0 aliphatic heterocycles. The maximum atomic E-state index is 13.4. The lowest BCUT2D eigenvalue weighted by Gasteiger charge is -2.11. The molecule has 1 N–H and O–H groups in total. The zero-order chi connectivity index (χ0) is 14.9. The quantitative estimate of drug-likeness (QED) is 0.735. The largest absolute Gasteiger partial charge is 0.322 e. The summed E-state index contributed by atoms with van der Waals surface area (Å²) < 4.78 is 14.6. The van der Waals surface area contributed by atoms with Crippen LogP contribution in [0.4, 0.5) is 10.1 Å². The van der Waals surface area contributed by atoms with E-state index in [2.05, 4.69) is 37.2 Å². The molecule has 0 aromatic heterocycles. The lowest BCUT2D eigenvalue weighted by atomic mass is 10.1. The third-order valence-corrected chi connectivity index (χ3v) is 4.05. The van der Waals surface area contributed by atoms with Gasteiger partial charge in [-0.3, -0.25) is 4.79 Å². The van der Waals surface area contributed by atoms with Gasteiger partial charge < -0.3 is 5.32 Å². The minimum absolute atomic E-state index is 0.211. The molecule has 0 unspecified atom stereocenters. The fraction of sp³-hybridized carbons (Fsp3) is 0.133. The molecule has 2 aromatic rings. The molecule has 1 amide bonds. The van der Waals surface area contributed by atoms with Crippen molar-refractivity contribution in [2.24, 2.45) is 0 Å². The highest BCUT2D eigenvalue weighted by Crippen LogP contribution is 2.25. The smallest absolute Gasteiger partial charge is 0.255 e. The summed E-state index contributed by atoms with van der Waals surface area (Å²) in [5.41, 5.74) is 2.73. The van der Waals surface area contributed by atoms with Gasteiger partial charge in [0.05, 0.1) is 4.47 Å². The van der Waals surface area contributed by atoms with Crippen LogP contribution >= 0.6 is 31.9 Å². The van der Waals surface area contributed by atoms with Crippen LogP contribution in [0.2, 0.25) is 0 Å². The van der Waals surface area contributed by atoms with E-state index in [1.807, 2.05) is 19.1 Å². The minimum Gasteiger partial charge on any atom is -0.322 e. The van der Waals surface area contributed by atoms with E-state index in [9.17, 15) is 9.18 Å². The Labute approximate surface area is 133 Å². The van der Waals surface area contributed by atoms with Gasteiger partial charge in [-0.25, -0.2) is 4.39 Å². The van der Waals surface area contributed by atoms with E-state index in [-0.39, 0.29) is 11.7 Å². The molecule has 0 atom stereocenters. The third kappa shape index (κ3) is 3.27. The predicted molar refractivity (Wildman–Crippen MR) is 85.7 cm³/mol. The molecule has 0 saturated carbocycles. The standard InChI is InChI=1S/C15H12Br2FNO/c1-8-5-10(16)3-4-11(8)15(20)19-14-7-12(17)13(18)6-9(14)2/h3-7H,1-2H3,(H,19,20). The van der Waals surface area contributed by atoms with Crippen LogP contribution < -0.4 is 5.32 Å². The molecule has 0 saturated heterocycles. The van der Waals surface area contributed by atoms with Crippen molar-refractivity contribution in [2.75, 3.05) is 5.32 Å². The van der Waals surface area contributed by atoms with Crippen LogP contribution in [0.1, 0.15) is 21.5 Å². The Bertz CT molecular complexity index is 686. The second-order valence-electron chi connectivity index (χ2n) is 4.49. The van der Waals surface area contributed by atoms with Crippen molar-refractivity contribution in [1.82, 2.24) is 0 Å². The van der Waals surface area contributed by atoms with Crippen molar-refractivity contribution in [3.05, 3.63) is 61.8 Å². The summed E-state index contributed by atoms with van der Waals surface area (Å²) in [7, 11) is 0. The Hall–Kier alpha value is -1.20. The summed E-state index contributed by atoms with van der Waals surface area (Å²) in [6.45, 7) is 3.62. The van der Waals surface area contributed by atoms with E-state index in [0.29, 0.717) is 21.3 Å². The molecule has 0 bridgehead atoms. The van der Waals surface area contributed by atoms with Gasteiger partial charge in [-0.2, -0.15) is 0 Å². The van der Waals surface area contributed by atoms with Crippen LogP contribution in [0.3, 0.4) is 0 Å². The first kappa shape index (κ1) is 15.2. The predicted octanol–water partition coefficient (Wildman–Crippen LogP) is 5.22. The van der Waals surface area contributed by atoms with Crippen molar-refractivity contribution < 1.29 is 9.18 Å². The third-order valence-electron chi connectivity index (χ3n) is 2.95. The Balaban J connectivity index is 2.30. The first-order valence-electron chi connectivity index (χ1n) is 5.91. The monoisotopic (exact) mass is 399 g/mol. The van der Waals surface area contributed by atoms with Gasteiger partial charge in [0, 0.05) is 15.7 Å². The van der Waals surface area contributed by atoms with E-state index in [0.717, 1.165) is 10.0 Å². The number of rotatable bonds is 2. The average Bonchev–Trinajstić information content (AvgIpc) is 2.35. The number of amides is 1. The summed E-state index contributed by atoms with van der Waals surface area (Å²) in [6.07, 6.45) is 0. The zero-order valence-electron chi connectivity index (χ0n) is 10.9. The molecule has 0 aliphatic rings. The Morgan fingerprint density at radius 1 is 1.10 bits per heavy atom. The highest BCUT2D eigenvalue weighted by Gasteiger charge is 2.12. The van der Waals surface area contributed by atoms with Crippen LogP contribution in [0.5, 0.6) is 0 Å². The number of nitrogens with one attached hydrogen (secondary N) is 1. The summed E-state index contributed by atoms with van der Waals surface area (Å²) in [5, 5.41) is 2.80. The highest BCUT2D eigenvalue weighted by molar-refractivity contribution is 9.10. The van der Waals surface area contributed by atoms with Gasteiger partial charge in [-0.05, 0) is 71.2 Å². The van der Waals surface area contributed by atoms with E-state index < -0.39 is 0 Å². The van der Waals surface area contributed by atoms with Gasteiger partial charge in [0.25, 0.3) is 5.91 Å². The van der Waals surface area contributed by atoms with Crippen LogP contribution in [-0.2, 0) is 0 Å². The van der Waals surface area contributed by atoms with Crippen LogP contribution in [0.25, 0.3) is 0 Å². The van der Waals surface area contributed by atoms with Crippen molar-refractivity contribution in [2.45, 2.75) is 13.8 Å². The number of anilines is 1. The fourth-order valence-electron chi connectivity index (χ4n) is 1.85. The van der Waals surface area contributed by atoms with Crippen molar-refractivity contribution in [1.29, 1.82) is 0 Å². The van der Waals surface area contributed by atoms with Crippen LogP contribution in [0, 0.1) is 19.7 Å². The van der Waals surface area contributed by atoms with Gasteiger partial charge in [-0.15, -0.1) is 0 Å². The van der Waals surface area contributed by atoms with Crippen molar-refractivity contribution in [3.8, 4) is 0 Å². The molecule has 104 valence electrons. The minimum atomic E-state index is -0.347. The van der Waals surface area contributed by atoms with Gasteiger partial charge in [0.15, 0.2) is 0 Å². The SMILES string of the molecule is Cc1cc(F)c(Br)cc1NC(=O)c1ccc(Br)cc1C. The molecule has 0 spiro atoms. The molecular weight excluding hydrogens is 389 g/mol. The first-order valence-corrected chi connectivity index (χ1v) is 7.50. The average molecular weight is 401 g/mol. The van der Waals surface area contributed by atoms with E-state index in [1.54, 1.807) is 19.1 Å². The molecule has 20 heavy (non-hydrogen) atoms. The number of hydrogen-bond donors (Lipinski definition) is 1. The second kappa shape index (κ2) is 6.06. The molecule has 0 fully saturated rings. The Morgan fingerprint density at radius 2 is 1.80 bits per heavy atom. The number of carbonyl (C=O) groups excluding carboxylic acids is 1. The molecule has 5 heteroatoms. The normalized spacial score (nSPS) is 10.4. The Morgan fingerprint density at radius 3 is 2.45 bits per heavy atom. The number of carbonyl (C=O) groups is 1. The van der Waals surface area contributed by atoms with Crippen molar-refractivity contribution >= 4 is 43.5 Å². The lowest BCUT2D eigenvalue weighted by Crippen LogP contribution is -2.14.